The molecule has 0 amide bonds. The molecule has 1 aromatic rings. The van der Waals surface area contributed by atoms with Gasteiger partial charge in [-0.25, -0.2) is 8.42 Å². The van der Waals surface area contributed by atoms with Gasteiger partial charge in [0.15, 0.2) is 9.84 Å². The highest BCUT2D eigenvalue weighted by Gasteiger charge is 2.54. The summed E-state index contributed by atoms with van der Waals surface area (Å²) < 4.78 is 25.5. The molecule has 0 radical (unpaired) electrons. The van der Waals surface area contributed by atoms with Crippen LogP contribution >= 0.6 is 0 Å². The molecular formula is C14H15NO4S. The molecule has 3 aliphatic rings. The predicted octanol–water partition coefficient (Wildman–Crippen LogP) is 2.07. The first-order valence-electron chi connectivity index (χ1n) is 6.62. The number of nitrogens with zero attached hydrogens (tertiary/aromatic N) is 1. The molecule has 0 heterocycles. The maximum atomic E-state index is 12.8. The molecule has 4 rings (SSSR count). The fourth-order valence-corrected chi connectivity index (χ4v) is 5.58. The van der Waals surface area contributed by atoms with Crippen LogP contribution < -0.4 is 0 Å². The van der Waals surface area contributed by atoms with Crippen molar-refractivity contribution >= 4 is 9.84 Å². The molecule has 5 nitrogen and oxygen atoms in total. The van der Waals surface area contributed by atoms with Gasteiger partial charge in [0, 0.05) is 16.8 Å². The maximum absolute atomic E-state index is 12.8. The van der Waals surface area contributed by atoms with E-state index in [-0.39, 0.29) is 16.7 Å². The van der Waals surface area contributed by atoms with E-state index in [9.17, 15) is 18.5 Å². The van der Waals surface area contributed by atoms with Gasteiger partial charge in [-0.2, -0.15) is 0 Å². The Morgan fingerprint density at radius 3 is 2.20 bits per heavy atom. The Hall–Kier alpha value is -1.69. The van der Waals surface area contributed by atoms with Crippen molar-refractivity contribution in [2.75, 3.05) is 0 Å². The van der Waals surface area contributed by atoms with E-state index in [0.29, 0.717) is 12.8 Å². The number of sulfone groups is 1. The van der Waals surface area contributed by atoms with Crippen molar-refractivity contribution in [1.82, 2.24) is 0 Å². The molecule has 0 spiro atoms. The van der Waals surface area contributed by atoms with Gasteiger partial charge < -0.3 is 0 Å². The first-order chi connectivity index (χ1) is 9.51. The lowest BCUT2D eigenvalue weighted by atomic mass is 9.72. The SMILES string of the molecule is O=[N+]([O-])[C@@H]1[C@@H](S(=O)(=O)c2ccccc2)[C@H]2C=C[C@@H]1CC2. The molecule has 1 aromatic carbocycles. The van der Waals surface area contributed by atoms with E-state index >= 15 is 0 Å². The van der Waals surface area contributed by atoms with Gasteiger partial charge in [0.1, 0.15) is 5.25 Å². The third-order valence-corrected chi connectivity index (χ3v) is 6.58. The number of hydrogen-bond donors (Lipinski definition) is 0. The molecule has 0 aliphatic heterocycles. The van der Waals surface area contributed by atoms with Gasteiger partial charge in [0.05, 0.1) is 4.90 Å². The average molecular weight is 293 g/mol. The van der Waals surface area contributed by atoms with Crippen molar-refractivity contribution in [3.63, 3.8) is 0 Å². The highest BCUT2D eigenvalue weighted by Crippen LogP contribution is 2.42. The summed E-state index contributed by atoms with van der Waals surface area (Å²) >= 11 is 0. The van der Waals surface area contributed by atoms with Crippen molar-refractivity contribution in [2.45, 2.75) is 29.0 Å². The van der Waals surface area contributed by atoms with Gasteiger partial charge in [-0.1, -0.05) is 30.4 Å². The number of allylic oxidation sites excluding steroid dienone is 1. The smallest absolute Gasteiger partial charge is 0.236 e. The molecule has 106 valence electrons. The number of rotatable bonds is 3. The first-order valence-corrected chi connectivity index (χ1v) is 8.17. The monoisotopic (exact) mass is 293 g/mol. The van der Waals surface area contributed by atoms with Gasteiger partial charge in [0.25, 0.3) is 0 Å². The number of fused-ring (bicyclic) bond motifs is 2. The lowest BCUT2D eigenvalue weighted by Gasteiger charge is -2.39. The van der Waals surface area contributed by atoms with Crippen LogP contribution in [0.3, 0.4) is 0 Å². The average Bonchev–Trinajstić information content (AvgIpc) is 2.48. The second kappa shape index (κ2) is 4.70. The predicted molar refractivity (Wildman–Crippen MR) is 73.6 cm³/mol. The topological polar surface area (TPSA) is 77.3 Å². The summed E-state index contributed by atoms with van der Waals surface area (Å²) in [4.78, 5) is 11.1. The summed E-state index contributed by atoms with van der Waals surface area (Å²) in [5, 5.41) is 10.4. The third-order valence-electron chi connectivity index (χ3n) is 4.31. The molecule has 2 bridgehead atoms. The van der Waals surface area contributed by atoms with Crippen molar-refractivity contribution in [1.29, 1.82) is 0 Å². The minimum atomic E-state index is -3.68. The molecule has 0 aromatic heterocycles. The second-order valence-corrected chi connectivity index (χ2v) is 7.49. The van der Waals surface area contributed by atoms with Gasteiger partial charge in [-0.3, -0.25) is 10.1 Å². The molecule has 20 heavy (non-hydrogen) atoms. The van der Waals surface area contributed by atoms with E-state index in [1.807, 2.05) is 12.2 Å². The van der Waals surface area contributed by atoms with Crippen LogP contribution in [0.25, 0.3) is 0 Å². The fraction of sp³-hybridized carbons (Fsp3) is 0.429. The Morgan fingerprint density at radius 1 is 1.05 bits per heavy atom. The van der Waals surface area contributed by atoms with Crippen molar-refractivity contribution < 1.29 is 13.3 Å². The first kappa shape index (κ1) is 13.3. The van der Waals surface area contributed by atoms with E-state index in [4.69, 9.17) is 0 Å². The van der Waals surface area contributed by atoms with Crippen molar-refractivity contribution in [2.24, 2.45) is 11.8 Å². The minimum Gasteiger partial charge on any atom is -0.264 e. The highest BCUT2D eigenvalue weighted by molar-refractivity contribution is 7.92. The minimum absolute atomic E-state index is 0.179. The Kier molecular flexibility index (Phi) is 3.12. The molecule has 1 saturated carbocycles. The van der Waals surface area contributed by atoms with Crippen LogP contribution in [0.2, 0.25) is 0 Å². The number of hydrogen-bond acceptors (Lipinski definition) is 4. The molecule has 1 fully saturated rings. The van der Waals surface area contributed by atoms with Crippen LogP contribution in [-0.2, 0) is 9.84 Å². The fourth-order valence-electron chi connectivity index (χ4n) is 3.38. The number of nitro groups is 1. The molecule has 0 unspecified atom stereocenters. The molecule has 4 atom stereocenters. The summed E-state index contributed by atoms with van der Waals surface area (Å²) in [6.45, 7) is 0. The van der Waals surface area contributed by atoms with Crippen LogP contribution in [0, 0.1) is 22.0 Å². The lowest BCUT2D eigenvalue weighted by Crippen LogP contribution is -2.53. The zero-order chi connectivity index (χ0) is 14.3. The summed E-state index contributed by atoms with van der Waals surface area (Å²) in [5.74, 6) is -0.515. The lowest BCUT2D eigenvalue weighted by molar-refractivity contribution is -0.533. The van der Waals surface area contributed by atoms with E-state index in [1.54, 1.807) is 18.2 Å². The van der Waals surface area contributed by atoms with Crippen LogP contribution in [0.1, 0.15) is 12.8 Å². The molecule has 0 saturated heterocycles. The molecule has 0 N–H and O–H groups in total. The Labute approximate surface area is 117 Å². The third kappa shape index (κ3) is 1.95. The van der Waals surface area contributed by atoms with Crippen molar-refractivity contribution in [3.05, 3.63) is 52.6 Å². The summed E-state index contributed by atoms with van der Waals surface area (Å²) in [5.41, 5.74) is 0. The Bertz CT molecular complexity index is 653. The van der Waals surface area contributed by atoms with Gasteiger partial charge in [-0.05, 0) is 25.0 Å². The zero-order valence-corrected chi connectivity index (χ0v) is 11.6. The quantitative estimate of drug-likeness (QED) is 0.485. The van der Waals surface area contributed by atoms with Gasteiger partial charge in [-0.15, -0.1) is 0 Å². The Morgan fingerprint density at radius 2 is 1.65 bits per heavy atom. The highest BCUT2D eigenvalue weighted by atomic mass is 32.2. The number of benzene rings is 1. The van der Waals surface area contributed by atoms with E-state index in [1.165, 1.54) is 12.1 Å². The van der Waals surface area contributed by atoms with E-state index in [0.717, 1.165) is 0 Å². The standard InChI is InChI=1S/C14H15NO4S/c16-15(17)13-10-6-8-11(9-7-10)14(13)20(18,19)12-4-2-1-3-5-12/h1-6,8,10-11,13-14H,7,9H2/t10-,11+,13+,14+/m1/s1. The molecular weight excluding hydrogens is 278 g/mol. The molecule has 3 aliphatic carbocycles. The van der Waals surface area contributed by atoms with Crippen LogP contribution in [0.15, 0.2) is 47.4 Å². The Balaban J connectivity index is 2.08. The van der Waals surface area contributed by atoms with Crippen LogP contribution in [0.4, 0.5) is 0 Å². The maximum Gasteiger partial charge on any atom is 0.236 e. The molecule has 6 heteroatoms. The second-order valence-electron chi connectivity index (χ2n) is 5.39. The summed E-state index contributed by atoms with van der Waals surface area (Å²) in [6, 6.07) is 7.02. The summed E-state index contributed by atoms with van der Waals surface area (Å²) in [7, 11) is -3.68. The van der Waals surface area contributed by atoms with Crippen molar-refractivity contribution in [3.8, 4) is 0 Å². The van der Waals surface area contributed by atoms with Gasteiger partial charge in [0.2, 0.25) is 6.04 Å². The van der Waals surface area contributed by atoms with E-state index < -0.39 is 26.1 Å². The zero-order valence-electron chi connectivity index (χ0n) is 10.8. The van der Waals surface area contributed by atoms with Crippen LogP contribution in [-0.4, -0.2) is 24.6 Å². The van der Waals surface area contributed by atoms with Crippen LogP contribution in [0.5, 0.6) is 0 Å². The summed E-state index contributed by atoms with van der Waals surface area (Å²) in [6.07, 6.45) is 5.08. The largest absolute Gasteiger partial charge is 0.264 e. The van der Waals surface area contributed by atoms with E-state index in [2.05, 4.69) is 0 Å². The normalized spacial score (nSPS) is 32.2. The van der Waals surface area contributed by atoms with Gasteiger partial charge >= 0.3 is 0 Å².